The van der Waals surface area contributed by atoms with Crippen LogP contribution in [-0.4, -0.2) is 20.6 Å². The van der Waals surface area contributed by atoms with Crippen LogP contribution in [0.3, 0.4) is 0 Å². The first-order valence-corrected chi connectivity index (χ1v) is 8.40. The molecule has 0 bridgehead atoms. The quantitative estimate of drug-likeness (QED) is 0.597. The average Bonchev–Trinajstić information content (AvgIpc) is 3.26. The predicted octanol–water partition coefficient (Wildman–Crippen LogP) is 4.51. The van der Waals surface area contributed by atoms with E-state index in [0.717, 1.165) is 27.0 Å². The van der Waals surface area contributed by atoms with Crippen LogP contribution in [0.25, 0.3) is 21.5 Å². The number of rotatable bonds is 4. The van der Waals surface area contributed by atoms with E-state index in [1.54, 1.807) is 29.7 Å². The maximum atomic E-state index is 11.5. The highest BCUT2D eigenvalue weighted by molar-refractivity contribution is 7.13. The summed E-state index contributed by atoms with van der Waals surface area (Å²) in [5.41, 5.74) is 3.30. The topological polar surface area (TPSA) is 55.1 Å². The zero-order chi connectivity index (χ0) is 16.5. The molecule has 0 radical (unpaired) electrons. The maximum Gasteiger partial charge on any atom is 0.337 e. The number of thiazole rings is 1. The molecule has 2 heterocycles. The molecule has 4 rings (SSSR count). The standard InChI is InChI=1S/C19H14N2O2S/c22-19(23)16-3-1-2-14-8-10-21(17(14)16)12-13-4-6-15(7-5-13)18-20-9-11-24-18/h1-11H,12H2,(H,22,23). The van der Waals surface area contributed by atoms with Gasteiger partial charge >= 0.3 is 5.97 Å². The summed E-state index contributed by atoms with van der Waals surface area (Å²) in [6.07, 6.45) is 3.74. The number of carboxylic acids is 1. The molecule has 0 aliphatic heterocycles. The summed E-state index contributed by atoms with van der Waals surface area (Å²) in [5, 5.41) is 13.3. The monoisotopic (exact) mass is 334 g/mol. The maximum absolute atomic E-state index is 11.5. The fourth-order valence-electron chi connectivity index (χ4n) is 2.88. The van der Waals surface area contributed by atoms with Crippen LogP contribution in [0.4, 0.5) is 0 Å². The van der Waals surface area contributed by atoms with E-state index < -0.39 is 5.97 Å². The van der Waals surface area contributed by atoms with E-state index in [1.807, 2.05) is 28.3 Å². The summed E-state index contributed by atoms with van der Waals surface area (Å²) in [7, 11) is 0. The zero-order valence-corrected chi connectivity index (χ0v) is 13.5. The molecule has 2 aromatic carbocycles. The summed E-state index contributed by atoms with van der Waals surface area (Å²) in [6, 6.07) is 15.5. The molecule has 5 heteroatoms. The van der Waals surface area contributed by atoms with Gasteiger partial charge in [0, 0.05) is 35.3 Å². The normalized spacial score (nSPS) is 11.0. The number of nitrogens with zero attached hydrogens (tertiary/aromatic N) is 2. The van der Waals surface area contributed by atoms with Gasteiger partial charge in [0.05, 0.1) is 11.1 Å². The first-order valence-electron chi connectivity index (χ1n) is 7.52. The Labute approximate surface area is 142 Å². The second-order valence-electron chi connectivity index (χ2n) is 5.53. The minimum absolute atomic E-state index is 0.330. The Morgan fingerprint density at radius 3 is 2.67 bits per heavy atom. The molecule has 0 unspecified atom stereocenters. The van der Waals surface area contributed by atoms with Gasteiger partial charge in [-0.05, 0) is 17.7 Å². The van der Waals surface area contributed by atoms with Crippen LogP contribution in [0, 0.1) is 0 Å². The first-order chi connectivity index (χ1) is 11.7. The highest BCUT2D eigenvalue weighted by atomic mass is 32.1. The number of para-hydroxylation sites is 1. The molecule has 0 atom stereocenters. The number of aromatic carboxylic acids is 1. The molecule has 0 aliphatic rings. The third-order valence-corrected chi connectivity index (χ3v) is 4.83. The van der Waals surface area contributed by atoms with Crippen molar-refractivity contribution in [2.45, 2.75) is 6.54 Å². The summed E-state index contributed by atoms with van der Waals surface area (Å²) in [6.45, 7) is 0.631. The highest BCUT2D eigenvalue weighted by Gasteiger charge is 2.12. The SMILES string of the molecule is O=C(O)c1cccc2ccn(Cc3ccc(-c4nccs4)cc3)c12. The van der Waals surface area contributed by atoms with Crippen molar-refractivity contribution in [2.24, 2.45) is 0 Å². The molecule has 118 valence electrons. The lowest BCUT2D eigenvalue weighted by Crippen LogP contribution is -2.04. The number of hydrogen-bond donors (Lipinski definition) is 1. The smallest absolute Gasteiger partial charge is 0.337 e. The second kappa shape index (κ2) is 5.94. The molecular weight excluding hydrogens is 320 g/mol. The first kappa shape index (κ1) is 14.7. The fourth-order valence-corrected chi connectivity index (χ4v) is 3.53. The van der Waals surface area contributed by atoms with Gasteiger partial charge in [-0.3, -0.25) is 0 Å². The Morgan fingerprint density at radius 2 is 1.96 bits per heavy atom. The number of aromatic nitrogens is 2. The molecule has 0 aliphatic carbocycles. The van der Waals surface area contributed by atoms with Crippen molar-refractivity contribution in [3.05, 3.63) is 77.4 Å². The molecule has 0 amide bonds. The van der Waals surface area contributed by atoms with Gasteiger partial charge < -0.3 is 9.67 Å². The Hall–Kier alpha value is -2.92. The number of carboxylic acid groups (broad SMARTS) is 1. The lowest BCUT2D eigenvalue weighted by atomic mass is 10.1. The van der Waals surface area contributed by atoms with Gasteiger partial charge in [-0.15, -0.1) is 11.3 Å². The third-order valence-electron chi connectivity index (χ3n) is 4.01. The Kier molecular flexibility index (Phi) is 3.63. The lowest BCUT2D eigenvalue weighted by molar-refractivity contribution is 0.0698. The van der Waals surface area contributed by atoms with Crippen LogP contribution >= 0.6 is 11.3 Å². The van der Waals surface area contributed by atoms with Crippen molar-refractivity contribution < 1.29 is 9.90 Å². The third kappa shape index (κ3) is 2.59. The van der Waals surface area contributed by atoms with Gasteiger partial charge in [-0.2, -0.15) is 0 Å². The number of hydrogen-bond acceptors (Lipinski definition) is 3. The van der Waals surface area contributed by atoms with E-state index in [9.17, 15) is 9.90 Å². The fraction of sp³-hybridized carbons (Fsp3) is 0.0526. The van der Waals surface area contributed by atoms with Crippen molar-refractivity contribution in [1.29, 1.82) is 0 Å². The molecule has 0 fully saturated rings. The van der Waals surface area contributed by atoms with Crippen molar-refractivity contribution in [2.75, 3.05) is 0 Å². The Bertz CT molecular complexity index is 1000. The van der Waals surface area contributed by atoms with Crippen molar-refractivity contribution in [1.82, 2.24) is 9.55 Å². The van der Waals surface area contributed by atoms with Crippen molar-refractivity contribution in [3.63, 3.8) is 0 Å². The van der Waals surface area contributed by atoms with Crippen LogP contribution in [0.15, 0.2) is 66.3 Å². The van der Waals surface area contributed by atoms with Gasteiger partial charge in [0.25, 0.3) is 0 Å². The largest absolute Gasteiger partial charge is 0.478 e. The molecule has 0 saturated heterocycles. The summed E-state index contributed by atoms with van der Waals surface area (Å²) < 4.78 is 1.98. The van der Waals surface area contributed by atoms with E-state index in [4.69, 9.17) is 0 Å². The molecule has 4 nitrogen and oxygen atoms in total. The molecule has 24 heavy (non-hydrogen) atoms. The molecule has 0 spiro atoms. The Morgan fingerprint density at radius 1 is 1.12 bits per heavy atom. The number of benzene rings is 2. The minimum atomic E-state index is -0.903. The number of fused-ring (bicyclic) bond motifs is 1. The van der Waals surface area contributed by atoms with Crippen LogP contribution in [0.2, 0.25) is 0 Å². The van der Waals surface area contributed by atoms with Crippen LogP contribution in [-0.2, 0) is 6.54 Å². The van der Waals surface area contributed by atoms with Gasteiger partial charge in [0.2, 0.25) is 0 Å². The molecule has 4 aromatic rings. The van der Waals surface area contributed by atoms with Gasteiger partial charge in [-0.25, -0.2) is 9.78 Å². The van der Waals surface area contributed by atoms with E-state index in [1.165, 1.54) is 0 Å². The molecule has 1 N–H and O–H groups in total. The van der Waals surface area contributed by atoms with E-state index in [2.05, 4.69) is 29.2 Å². The second-order valence-corrected chi connectivity index (χ2v) is 6.42. The summed E-state index contributed by atoms with van der Waals surface area (Å²) >= 11 is 1.61. The molecular formula is C19H14N2O2S. The van der Waals surface area contributed by atoms with Crippen LogP contribution < -0.4 is 0 Å². The summed E-state index contributed by atoms with van der Waals surface area (Å²) in [5.74, 6) is -0.903. The highest BCUT2D eigenvalue weighted by Crippen LogP contribution is 2.24. The number of carbonyl (C=O) groups is 1. The van der Waals surface area contributed by atoms with Gasteiger partial charge in [0.15, 0.2) is 0 Å². The minimum Gasteiger partial charge on any atom is -0.478 e. The molecule has 2 aromatic heterocycles. The summed E-state index contributed by atoms with van der Waals surface area (Å²) in [4.78, 5) is 15.8. The van der Waals surface area contributed by atoms with Gasteiger partial charge in [-0.1, -0.05) is 36.4 Å². The molecule has 0 saturated carbocycles. The van der Waals surface area contributed by atoms with Gasteiger partial charge in [0.1, 0.15) is 5.01 Å². The van der Waals surface area contributed by atoms with E-state index >= 15 is 0 Å². The lowest BCUT2D eigenvalue weighted by Gasteiger charge is -2.08. The Balaban J connectivity index is 1.68. The average molecular weight is 334 g/mol. The van der Waals surface area contributed by atoms with Crippen molar-refractivity contribution in [3.8, 4) is 10.6 Å². The predicted molar refractivity (Wildman–Crippen MR) is 95.5 cm³/mol. The van der Waals surface area contributed by atoms with E-state index in [-0.39, 0.29) is 0 Å². The van der Waals surface area contributed by atoms with Crippen LogP contribution in [0.1, 0.15) is 15.9 Å². The van der Waals surface area contributed by atoms with E-state index in [0.29, 0.717) is 12.1 Å². The van der Waals surface area contributed by atoms with Crippen LogP contribution in [0.5, 0.6) is 0 Å². The van der Waals surface area contributed by atoms with Crippen molar-refractivity contribution >= 4 is 28.2 Å². The zero-order valence-electron chi connectivity index (χ0n) is 12.7.